The average Bonchev–Trinajstić information content (AvgIpc) is 2.99. The van der Waals surface area contributed by atoms with Gasteiger partial charge in [0, 0.05) is 4.47 Å². The van der Waals surface area contributed by atoms with Crippen LogP contribution < -0.4 is 10.4 Å². The van der Waals surface area contributed by atoms with Crippen molar-refractivity contribution < 1.29 is 14.3 Å². The quantitative estimate of drug-likeness (QED) is 0.560. The molecular weight excluding hydrogens is 414 g/mol. The number of hydrogen-bond acceptors (Lipinski definition) is 5. The molecule has 140 valence electrons. The molecule has 3 aromatic rings. The predicted octanol–water partition coefficient (Wildman–Crippen LogP) is 3.03. The monoisotopic (exact) mass is 431 g/mol. The second-order valence-electron chi connectivity index (χ2n) is 5.65. The van der Waals surface area contributed by atoms with Crippen molar-refractivity contribution in [2.45, 2.75) is 13.5 Å². The van der Waals surface area contributed by atoms with Gasteiger partial charge in [-0.15, -0.1) is 5.10 Å². The number of halogens is 1. The number of nitrogens with zero attached hydrogens (tertiary/aromatic N) is 3. The Balaban J connectivity index is 2.08. The van der Waals surface area contributed by atoms with Gasteiger partial charge in [0.2, 0.25) is 5.82 Å². The third-order valence-electron chi connectivity index (χ3n) is 3.87. The Kier molecular flexibility index (Phi) is 5.75. The van der Waals surface area contributed by atoms with Crippen LogP contribution in [0.4, 0.5) is 0 Å². The van der Waals surface area contributed by atoms with Gasteiger partial charge in [-0.25, -0.2) is 9.59 Å². The van der Waals surface area contributed by atoms with Gasteiger partial charge in [-0.2, -0.15) is 4.68 Å². The first-order valence-corrected chi connectivity index (χ1v) is 9.08. The molecule has 8 heteroatoms. The molecule has 27 heavy (non-hydrogen) atoms. The van der Waals surface area contributed by atoms with E-state index in [0.717, 1.165) is 10.0 Å². The highest BCUT2D eigenvalue weighted by Crippen LogP contribution is 2.15. The van der Waals surface area contributed by atoms with Crippen LogP contribution in [0.5, 0.6) is 5.75 Å². The van der Waals surface area contributed by atoms with Crippen LogP contribution in [0.2, 0.25) is 0 Å². The van der Waals surface area contributed by atoms with E-state index in [1.54, 1.807) is 44.4 Å². The second-order valence-corrected chi connectivity index (χ2v) is 6.57. The van der Waals surface area contributed by atoms with Gasteiger partial charge < -0.3 is 9.47 Å². The number of carbonyl (C=O) groups excluding carboxylic acids is 1. The lowest BCUT2D eigenvalue weighted by Gasteiger charge is -2.07. The number of hydrogen-bond donors (Lipinski definition) is 0. The van der Waals surface area contributed by atoms with Crippen molar-refractivity contribution >= 4 is 21.9 Å². The fraction of sp³-hybridized carbons (Fsp3) is 0.211. The van der Waals surface area contributed by atoms with E-state index in [1.807, 2.05) is 18.2 Å². The lowest BCUT2D eigenvalue weighted by Crippen LogP contribution is -2.26. The van der Waals surface area contributed by atoms with Crippen LogP contribution in [0.1, 0.15) is 23.1 Å². The van der Waals surface area contributed by atoms with Crippen molar-refractivity contribution in [2.24, 2.45) is 0 Å². The molecule has 1 heterocycles. The van der Waals surface area contributed by atoms with Gasteiger partial charge in [0.15, 0.2) is 0 Å². The summed E-state index contributed by atoms with van der Waals surface area (Å²) in [6, 6.07) is 14.4. The molecular formula is C19H18BrN3O4. The van der Waals surface area contributed by atoms with Crippen LogP contribution >= 0.6 is 15.9 Å². The molecule has 2 aromatic carbocycles. The summed E-state index contributed by atoms with van der Waals surface area (Å²) in [6.07, 6.45) is 0. The fourth-order valence-electron chi connectivity index (χ4n) is 2.59. The molecule has 1 aromatic heterocycles. The molecule has 0 saturated carbocycles. The third-order valence-corrected chi connectivity index (χ3v) is 4.40. The Morgan fingerprint density at radius 1 is 1.19 bits per heavy atom. The Hall–Kier alpha value is -2.87. The van der Waals surface area contributed by atoms with Crippen molar-refractivity contribution in [3.63, 3.8) is 0 Å². The number of carbonyl (C=O) groups is 1. The minimum absolute atomic E-state index is 0.0485. The van der Waals surface area contributed by atoms with E-state index in [-0.39, 0.29) is 19.0 Å². The molecule has 0 atom stereocenters. The van der Waals surface area contributed by atoms with Crippen LogP contribution in [-0.2, 0) is 11.3 Å². The van der Waals surface area contributed by atoms with Gasteiger partial charge in [0.1, 0.15) is 5.75 Å². The zero-order valence-corrected chi connectivity index (χ0v) is 16.5. The lowest BCUT2D eigenvalue weighted by molar-refractivity contribution is 0.0505. The zero-order chi connectivity index (χ0) is 19.4. The van der Waals surface area contributed by atoms with E-state index < -0.39 is 11.7 Å². The number of aromatic nitrogens is 3. The Bertz CT molecular complexity index is 1010. The maximum absolute atomic E-state index is 13.0. The van der Waals surface area contributed by atoms with Crippen molar-refractivity contribution in [2.75, 3.05) is 13.7 Å². The molecule has 0 aliphatic rings. The summed E-state index contributed by atoms with van der Waals surface area (Å²) in [4.78, 5) is 25.3. The molecule has 0 unspecified atom stereocenters. The molecule has 7 nitrogen and oxygen atoms in total. The number of ether oxygens (including phenoxy) is 2. The van der Waals surface area contributed by atoms with Gasteiger partial charge in [-0.3, -0.25) is 4.57 Å². The summed E-state index contributed by atoms with van der Waals surface area (Å²) in [5.41, 5.74) is 0.929. The molecule has 0 saturated heterocycles. The number of esters is 1. The topological polar surface area (TPSA) is 75.4 Å². The molecule has 0 amide bonds. The summed E-state index contributed by atoms with van der Waals surface area (Å²) < 4.78 is 13.7. The normalized spacial score (nSPS) is 10.6. The van der Waals surface area contributed by atoms with Gasteiger partial charge in [0.05, 0.1) is 25.9 Å². The third kappa shape index (κ3) is 4.11. The van der Waals surface area contributed by atoms with E-state index in [4.69, 9.17) is 9.47 Å². The minimum atomic E-state index is -0.645. The smallest absolute Gasteiger partial charge is 0.376 e. The van der Waals surface area contributed by atoms with Gasteiger partial charge in [0.25, 0.3) is 0 Å². The number of methoxy groups -OCH3 is 1. The van der Waals surface area contributed by atoms with Gasteiger partial charge >= 0.3 is 11.7 Å². The molecule has 0 N–H and O–H groups in total. The van der Waals surface area contributed by atoms with E-state index in [2.05, 4.69) is 21.0 Å². The first-order chi connectivity index (χ1) is 13.0. The maximum atomic E-state index is 13.0. The zero-order valence-electron chi connectivity index (χ0n) is 14.9. The molecule has 0 aliphatic carbocycles. The van der Waals surface area contributed by atoms with Crippen LogP contribution in [0.15, 0.2) is 57.8 Å². The van der Waals surface area contributed by atoms with Crippen molar-refractivity contribution in [1.29, 1.82) is 0 Å². The van der Waals surface area contributed by atoms with Crippen LogP contribution in [0, 0.1) is 0 Å². The standard InChI is InChI=1S/C19H18BrN3O4/c1-3-27-18(24)17-21-23(15-9-7-14(20)8-10-15)19(25)22(17)12-13-5-4-6-16(11-13)26-2/h4-11H,3,12H2,1-2H3. The minimum Gasteiger partial charge on any atom is -0.497 e. The number of benzene rings is 2. The SMILES string of the molecule is CCOC(=O)c1nn(-c2ccc(Br)cc2)c(=O)n1Cc1cccc(OC)c1. The summed E-state index contributed by atoms with van der Waals surface area (Å²) in [5, 5.41) is 4.21. The summed E-state index contributed by atoms with van der Waals surface area (Å²) in [6.45, 7) is 2.06. The first kappa shape index (κ1) is 18.9. The largest absolute Gasteiger partial charge is 0.497 e. The van der Waals surface area contributed by atoms with E-state index in [0.29, 0.717) is 11.4 Å². The Morgan fingerprint density at radius 3 is 2.59 bits per heavy atom. The average molecular weight is 432 g/mol. The van der Waals surface area contributed by atoms with Gasteiger partial charge in [-0.05, 0) is 48.9 Å². The lowest BCUT2D eigenvalue weighted by atomic mass is 10.2. The molecule has 0 spiro atoms. The van der Waals surface area contributed by atoms with E-state index in [1.165, 1.54) is 9.25 Å². The molecule has 0 fully saturated rings. The Labute approximate surface area is 164 Å². The fourth-order valence-corrected chi connectivity index (χ4v) is 2.85. The summed E-state index contributed by atoms with van der Waals surface area (Å²) in [7, 11) is 1.57. The molecule has 3 rings (SSSR count). The van der Waals surface area contributed by atoms with E-state index >= 15 is 0 Å². The van der Waals surface area contributed by atoms with Crippen molar-refractivity contribution in [3.05, 3.63) is 74.9 Å². The highest BCUT2D eigenvalue weighted by Gasteiger charge is 2.22. The second kappa shape index (κ2) is 8.22. The molecule has 0 aliphatic heterocycles. The Morgan fingerprint density at radius 2 is 1.93 bits per heavy atom. The van der Waals surface area contributed by atoms with E-state index in [9.17, 15) is 9.59 Å². The number of rotatable bonds is 6. The van der Waals surface area contributed by atoms with Crippen LogP contribution in [0.3, 0.4) is 0 Å². The van der Waals surface area contributed by atoms with Crippen molar-refractivity contribution in [1.82, 2.24) is 14.3 Å². The highest BCUT2D eigenvalue weighted by atomic mass is 79.9. The summed E-state index contributed by atoms with van der Waals surface area (Å²) in [5.74, 6) is -0.0283. The summed E-state index contributed by atoms with van der Waals surface area (Å²) >= 11 is 3.36. The maximum Gasteiger partial charge on any atom is 0.376 e. The highest BCUT2D eigenvalue weighted by molar-refractivity contribution is 9.10. The first-order valence-electron chi connectivity index (χ1n) is 8.29. The predicted molar refractivity (Wildman–Crippen MR) is 104 cm³/mol. The van der Waals surface area contributed by atoms with Crippen LogP contribution in [-0.4, -0.2) is 34.0 Å². The van der Waals surface area contributed by atoms with Gasteiger partial charge in [-0.1, -0.05) is 28.1 Å². The molecule has 0 radical (unpaired) electrons. The van der Waals surface area contributed by atoms with Crippen molar-refractivity contribution in [3.8, 4) is 11.4 Å². The van der Waals surface area contributed by atoms with Crippen LogP contribution in [0.25, 0.3) is 5.69 Å². The molecule has 0 bridgehead atoms.